The Morgan fingerprint density at radius 2 is 2.30 bits per heavy atom. The maximum atomic E-state index is 12.2. The van der Waals surface area contributed by atoms with E-state index in [1.807, 2.05) is 24.6 Å². The van der Waals surface area contributed by atoms with E-state index in [2.05, 4.69) is 20.6 Å². The molecule has 3 N–H and O–H groups in total. The van der Waals surface area contributed by atoms with Gasteiger partial charge in [-0.1, -0.05) is 0 Å². The second kappa shape index (κ2) is 9.27. The number of aromatic amines is 1. The molecule has 1 saturated heterocycles. The third kappa shape index (κ3) is 5.21. The van der Waals surface area contributed by atoms with E-state index in [1.54, 1.807) is 11.3 Å². The Hall–Kier alpha value is -1.08. The van der Waals surface area contributed by atoms with E-state index in [0.717, 1.165) is 35.9 Å². The minimum Gasteiger partial charge on any atom is -0.357 e. The SMILES string of the molecule is Cc1nc(-c2c[nH]c(C(=O)NCC3CCCNC3)c2)cs1.Cl.Cl. The van der Waals surface area contributed by atoms with Crippen molar-refractivity contribution < 1.29 is 4.79 Å². The third-order valence-corrected chi connectivity index (χ3v) is 4.57. The number of rotatable bonds is 4. The largest absolute Gasteiger partial charge is 0.357 e. The van der Waals surface area contributed by atoms with E-state index in [4.69, 9.17) is 0 Å². The van der Waals surface area contributed by atoms with E-state index in [-0.39, 0.29) is 30.7 Å². The van der Waals surface area contributed by atoms with Crippen LogP contribution in [0, 0.1) is 12.8 Å². The Bertz CT molecular complexity index is 623. The topological polar surface area (TPSA) is 69.8 Å². The van der Waals surface area contributed by atoms with E-state index < -0.39 is 0 Å². The number of amides is 1. The van der Waals surface area contributed by atoms with Gasteiger partial charge in [0.1, 0.15) is 5.69 Å². The first kappa shape index (κ1) is 20.0. The molecule has 1 aliphatic rings. The summed E-state index contributed by atoms with van der Waals surface area (Å²) in [5, 5.41) is 9.41. The van der Waals surface area contributed by atoms with Crippen molar-refractivity contribution >= 4 is 42.1 Å². The first-order valence-electron chi connectivity index (χ1n) is 7.32. The van der Waals surface area contributed by atoms with Crippen molar-refractivity contribution in [1.29, 1.82) is 0 Å². The van der Waals surface area contributed by atoms with Crippen molar-refractivity contribution in [1.82, 2.24) is 20.6 Å². The Morgan fingerprint density at radius 1 is 1.48 bits per heavy atom. The van der Waals surface area contributed by atoms with Crippen LogP contribution < -0.4 is 10.6 Å². The number of aromatic nitrogens is 2. The fourth-order valence-corrected chi connectivity index (χ4v) is 3.22. The first-order valence-corrected chi connectivity index (χ1v) is 8.20. The van der Waals surface area contributed by atoms with E-state index >= 15 is 0 Å². The van der Waals surface area contributed by atoms with E-state index in [9.17, 15) is 4.79 Å². The molecule has 8 heteroatoms. The molecule has 1 unspecified atom stereocenters. The predicted molar refractivity (Wildman–Crippen MR) is 99.1 cm³/mol. The van der Waals surface area contributed by atoms with Gasteiger partial charge in [0, 0.05) is 23.7 Å². The summed E-state index contributed by atoms with van der Waals surface area (Å²) in [7, 11) is 0. The van der Waals surface area contributed by atoms with Crippen molar-refractivity contribution in [2.45, 2.75) is 19.8 Å². The fourth-order valence-electron chi connectivity index (χ4n) is 2.60. The molecule has 2 aromatic heterocycles. The molecule has 1 fully saturated rings. The lowest BCUT2D eigenvalue weighted by Gasteiger charge is -2.22. The van der Waals surface area contributed by atoms with Crippen molar-refractivity contribution in [2.75, 3.05) is 19.6 Å². The Balaban J connectivity index is 0.00000132. The average Bonchev–Trinajstić information content (AvgIpc) is 3.14. The van der Waals surface area contributed by atoms with Gasteiger partial charge in [-0.3, -0.25) is 4.79 Å². The molecule has 5 nitrogen and oxygen atoms in total. The molecule has 0 aliphatic carbocycles. The van der Waals surface area contributed by atoms with Crippen LogP contribution in [0.5, 0.6) is 0 Å². The number of carbonyl (C=O) groups is 1. The summed E-state index contributed by atoms with van der Waals surface area (Å²) in [6.45, 7) is 4.80. The van der Waals surface area contributed by atoms with Crippen LogP contribution in [0.1, 0.15) is 28.3 Å². The van der Waals surface area contributed by atoms with Gasteiger partial charge in [-0.25, -0.2) is 4.98 Å². The highest BCUT2D eigenvalue weighted by Crippen LogP contribution is 2.22. The number of aryl methyl sites for hydroxylation is 1. The minimum absolute atomic E-state index is 0. The Morgan fingerprint density at radius 3 is 2.96 bits per heavy atom. The van der Waals surface area contributed by atoms with E-state index in [1.165, 1.54) is 12.8 Å². The van der Waals surface area contributed by atoms with Gasteiger partial charge in [0.25, 0.3) is 5.91 Å². The van der Waals surface area contributed by atoms with Gasteiger partial charge >= 0.3 is 0 Å². The van der Waals surface area contributed by atoms with Gasteiger partial charge < -0.3 is 15.6 Å². The molecule has 1 atom stereocenters. The molecule has 3 heterocycles. The van der Waals surface area contributed by atoms with Crippen LogP contribution in [-0.2, 0) is 0 Å². The molecule has 0 bridgehead atoms. The monoisotopic (exact) mass is 376 g/mol. The summed E-state index contributed by atoms with van der Waals surface area (Å²) < 4.78 is 0. The Kier molecular flexibility index (Phi) is 8.05. The highest BCUT2D eigenvalue weighted by molar-refractivity contribution is 7.09. The highest BCUT2D eigenvalue weighted by atomic mass is 35.5. The summed E-state index contributed by atoms with van der Waals surface area (Å²) in [4.78, 5) is 19.6. The van der Waals surface area contributed by atoms with E-state index in [0.29, 0.717) is 11.6 Å². The lowest BCUT2D eigenvalue weighted by atomic mass is 10.00. The van der Waals surface area contributed by atoms with Gasteiger partial charge in [0.05, 0.1) is 10.7 Å². The van der Waals surface area contributed by atoms with Crippen LogP contribution in [0.25, 0.3) is 11.3 Å². The lowest BCUT2D eigenvalue weighted by molar-refractivity contribution is 0.0940. The van der Waals surface area contributed by atoms with Crippen molar-refractivity contribution in [2.24, 2.45) is 5.92 Å². The molecule has 0 aromatic carbocycles. The predicted octanol–water partition coefficient (Wildman–Crippen LogP) is 3.02. The maximum absolute atomic E-state index is 12.2. The van der Waals surface area contributed by atoms with Gasteiger partial charge in [-0.2, -0.15) is 0 Å². The number of carbonyl (C=O) groups excluding carboxylic acids is 1. The summed E-state index contributed by atoms with van der Waals surface area (Å²) in [6, 6.07) is 1.86. The molecule has 1 amide bonds. The number of hydrogen-bond donors (Lipinski definition) is 3. The van der Waals surface area contributed by atoms with Crippen LogP contribution in [0.15, 0.2) is 17.6 Å². The number of nitrogens with zero attached hydrogens (tertiary/aromatic N) is 1. The molecule has 128 valence electrons. The van der Waals surface area contributed by atoms with Crippen molar-refractivity contribution in [3.63, 3.8) is 0 Å². The van der Waals surface area contributed by atoms with Crippen LogP contribution in [-0.4, -0.2) is 35.5 Å². The Labute approximate surface area is 152 Å². The summed E-state index contributed by atoms with van der Waals surface area (Å²) in [5.41, 5.74) is 2.48. The summed E-state index contributed by atoms with van der Waals surface area (Å²) in [6.07, 6.45) is 4.21. The third-order valence-electron chi connectivity index (χ3n) is 3.79. The zero-order chi connectivity index (χ0) is 14.7. The minimum atomic E-state index is -0.0428. The molecule has 0 saturated carbocycles. The number of hydrogen-bond acceptors (Lipinski definition) is 4. The number of thiazole rings is 1. The second-order valence-corrected chi connectivity index (χ2v) is 6.54. The maximum Gasteiger partial charge on any atom is 0.267 e. The van der Waals surface area contributed by atoms with Gasteiger partial charge in [0.15, 0.2) is 0 Å². The van der Waals surface area contributed by atoms with Crippen molar-refractivity contribution in [3.8, 4) is 11.3 Å². The zero-order valence-corrected chi connectivity index (χ0v) is 15.4. The fraction of sp³-hybridized carbons (Fsp3) is 0.467. The van der Waals surface area contributed by atoms with Crippen LogP contribution in [0.3, 0.4) is 0 Å². The van der Waals surface area contributed by atoms with Gasteiger partial charge in [0.2, 0.25) is 0 Å². The molecule has 2 aromatic rings. The normalized spacial score (nSPS) is 17.0. The highest BCUT2D eigenvalue weighted by Gasteiger charge is 2.15. The van der Waals surface area contributed by atoms with Crippen molar-refractivity contribution in [3.05, 3.63) is 28.3 Å². The van der Waals surface area contributed by atoms with Crippen LogP contribution >= 0.6 is 36.2 Å². The summed E-state index contributed by atoms with van der Waals surface area (Å²) in [5.74, 6) is 0.497. The molecule has 0 radical (unpaired) electrons. The molecule has 3 rings (SSSR count). The quantitative estimate of drug-likeness (QED) is 0.767. The van der Waals surface area contributed by atoms with Gasteiger partial charge in [-0.15, -0.1) is 36.2 Å². The number of piperidine rings is 1. The average molecular weight is 377 g/mol. The molecular weight excluding hydrogens is 355 g/mol. The first-order chi connectivity index (χ1) is 10.2. The van der Waals surface area contributed by atoms with Gasteiger partial charge in [-0.05, 0) is 44.8 Å². The molecule has 1 aliphatic heterocycles. The lowest BCUT2D eigenvalue weighted by Crippen LogP contribution is -2.38. The number of H-pyrrole nitrogens is 1. The number of nitrogens with one attached hydrogen (secondary N) is 3. The molecule has 0 spiro atoms. The van der Waals surface area contributed by atoms with Crippen LogP contribution in [0.2, 0.25) is 0 Å². The molecular formula is C15H22Cl2N4OS. The smallest absolute Gasteiger partial charge is 0.267 e. The molecule has 23 heavy (non-hydrogen) atoms. The standard InChI is InChI=1S/C15H20N4OS.2ClH/c1-10-19-14(9-21-10)12-5-13(17-8-12)15(20)18-7-11-3-2-4-16-6-11;;/h5,8-9,11,16-17H,2-4,6-7H2,1H3,(H,18,20);2*1H. The van der Waals surface area contributed by atoms with Crippen LogP contribution in [0.4, 0.5) is 0 Å². The zero-order valence-electron chi connectivity index (χ0n) is 12.9. The summed E-state index contributed by atoms with van der Waals surface area (Å²) >= 11 is 1.61. The second-order valence-electron chi connectivity index (χ2n) is 5.48. The number of halogens is 2.